The van der Waals surface area contributed by atoms with Gasteiger partial charge in [-0.25, -0.2) is 4.68 Å². The van der Waals surface area contributed by atoms with Crippen LogP contribution in [0, 0.1) is 12.8 Å². The van der Waals surface area contributed by atoms with Gasteiger partial charge in [-0.1, -0.05) is 29.8 Å². The Balaban J connectivity index is 1.41. The van der Waals surface area contributed by atoms with Crippen molar-refractivity contribution in [1.82, 2.24) is 29.0 Å². The number of aromatic nitrogens is 5. The lowest BCUT2D eigenvalue weighted by Gasteiger charge is -2.17. The van der Waals surface area contributed by atoms with Gasteiger partial charge in [-0.05, 0) is 12.5 Å². The Bertz CT molecular complexity index is 1170. The number of fused-ring (bicyclic) bond motifs is 3. The average Bonchev–Trinajstić information content (AvgIpc) is 3.37. The van der Waals surface area contributed by atoms with E-state index in [4.69, 9.17) is 0 Å². The van der Waals surface area contributed by atoms with Gasteiger partial charge in [-0.3, -0.25) is 23.7 Å². The molecule has 0 bridgehead atoms. The van der Waals surface area contributed by atoms with Crippen molar-refractivity contribution in [3.63, 3.8) is 0 Å². The van der Waals surface area contributed by atoms with Gasteiger partial charge in [-0.15, -0.1) is 0 Å². The third-order valence-electron chi connectivity index (χ3n) is 6.05. The second kappa shape index (κ2) is 6.81. The molecule has 1 fully saturated rings. The number of hydrogen-bond acceptors (Lipinski definition) is 5. The summed E-state index contributed by atoms with van der Waals surface area (Å²) in [6.07, 6.45) is 3.92. The van der Waals surface area contributed by atoms with E-state index in [1.165, 1.54) is 10.2 Å². The highest BCUT2D eigenvalue weighted by Gasteiger charge is 2.42. The van der Waals surface area contributed by atoms with Crippen molar-refractivity contribution in [2.75, 3.05) is 13.1 Å². The number of rotatable bonds is 4. The maximum absolute atomic E-state index is 12.7. The van der Waals surface area contributed by atoms with E-state index in [0.29, 0.717) is 19.0 Å². The Morgan fingerprint density at radius 1 is 1.00 bits per heavy atom. The van der Waals surface area contributed by atoms with Gasteiger partial charge in [-0.2, -0.15) is 10.2 Å². The molecule has 0 spiro atoms. The molecular formula is C21H24N6O2. The van der Waals surface area contributed by atoms with Crippen LogP contribution in [-0.2, 0) is 26.7 Å². The topological polar surface area (TPSA) is 78.0 Å². The Hall–Kier alpha value is -3.00. The molecule has 0 N–H and O–H groups in total. The highest BCUT2D eigenvalue weighted by Crippen LogP contribution is 2.37. The minimum atomic E-state index is -0.540. The molecule has 2 aliphatic rings. The van der Waals surface area contributed by atoms with Crippen molar-refractivity contribution in [3.8, 4) is 0 Å². The van der Waals surface area contributed by atoms with E-state index in [0.717, 1.165) is 36.6 Å². The molecule has 2 aliphatic heterocycles. The highest BCUT2D eigenvalue weighted by molar-refractivity contribution is 5.21. The highest BCUT2D eigenvalue weighted by atomic mass is 16.2. The van der Waals surface area contributed by atoms with Crippen LogP contribution >= 0.6 is 0 Å². The second-order valence-corrected chi connectivity index (χ2v) is 8.31. The molecule has 4 heterocycles. The van der Waals surface area contributed by atoms with Gasteiger partial charge in [0, 0.05) is 56.8 Å². The summed E-state index contributed by atoms with van der Waals surface area (Å²) in [4.78, 5) is 27.7. The van der Waals surface area contributed by atoms with E-state index < -0.39 is 11.1 Å². The summed E-state index contributed by atoms with van der Waals surface area (Å²) in [6, 6.07) is 7.96. The third-order valence-corrected chi connectivity index (χ3v) is 6.05. The standard InChI is InChI=1S/C21H24N6O2/c1-14-3-5-15(6-4-14)10-27-21(29)20(28)26-12-17-11-25(13-18(17)19(26)23-27)9-16-7-22-24(2)8-16/h3-8,17-18H,9-13H2,1-2H3/t17-,18-/m0/s1. The molecule has 0 unspecified atom stereocenters. The fourth-order valence-electron chi connectivity index (χ4n) is 4.59. The van der Waals surface area contributed by atoms with E-state index in [1.54, 1.807) is 4.57 Å². The number of nitrogens with zero attached hydrogens (tertiary/aromatic N) is 6. The maximum atomic E-state index is 12.7. The summed E-state index contributed by atoms with van der Waals surface area (Å²) in [5.74, 6) is 1.26. The molecule has 1 aromatic carbocycles. The van der Waals surface area contributed by atoms with E-state index in [1.807, 2.05) is 55.3 Å². The van der Waals surface area contributed by atoms with Gasteiger partial charge in [0.1, 0.15) is 5.82 Å². The zero-order valence-corrected chi connectivity index (χ0v) is 16.7. The summed E-state index contributed by atoms with van der Waals surface area (Å²) < 4.78 is 4.75. The Morgan fingerprint density at radius 2 is 1.79 bits per heavy atom. The molecule has 0 amide bonds. The largest absolute Gasteiger partial charge is 0.332 e. The van der Waals surface area contributed by atoms with Crippen LogP contribution in [0.4, 0.5) is 0 Å². The summed E-state index contributed by atoms with van der Waals surface area (Å²) >= 11 is 0. The molecule has 1 saturated heterocycles. The number of likely N-dealkylation sites (tertiary alicyclic amines) is 1. The lowest BCUT2D eigenvalue weighted by molar-refractivity contribution is 0.303. The molecule has 8 nitrogen and oxygen atoms in total. The first-order valence-corrected chi connectivity index (χ1v) is 9.95. The van der Waals surface area contributed by atoms with Crippen LogP contribution in [0.5, 0.6) is 0 Å². The molecule has 0 radical (unpaired) electrons. The van der Waals surface area contributed by atoms with Crippen LogP contribution in [0.3, 0.4) is 0 Å². The van der Waals surface area contributed by atoms with Crippen LogP contribution in [0.2, 0.25) is 0 Å². The van der Waals surface area contributed by atoms with Crippen molar-refractivity contribution in [3.05, 3.63) is 79.9 Å². The molecule has 5 rings (SSSR count). The van der Waals surface area contributed by atoms with E-state index in [9.17, 15) is 9.59 Å². The van der Waals surface area contributed by atoms with Gasteiger partial charge in [0.2, 0.25) is 0 Å². The second-order valence-electron chi connectivity index (χ2n) is 8.31. The van der Waals surface area contributed by atoms with Crippen LogP contribution < -0.4 is 11.1 Å². The molecule has 2 atom stereocenters. The molecule has 29 heavy (non-hydrogen) atoms. The van der Waals surface area contributed by atoms with Crippen LogP contribution in [-0.4, -0.2) is 42.1 Å². The van der Waals surface area contributed by atoms with Crippen molar-refractivity contribution >= 4 is 0 Å². The van der Waals surface area contributed by atoms with Gasteiger partial charge in [0.05, 0.1) is 12.7 Å². The van der Waals surface area contributed by atoms with Crippen LogP contribution in [0.1, 0.15) is 28.4 Å². The zero-order valence-electron chi connectivity index (χ0n) is 16.7. The quantitative estimate of drug-likeness (QED) is 0.612. The number of hydrogen-bond donors (Lipinski definition) is 0. The zero-order chi connectivity index (χ0) is 20.1. The minimum absolute atomic E-state index is 0.184. The van der Waals surface area contributed by atoms with Gasteiger partial charge < -0.3 is 0 Å². The van der Waals surface area contributed by atoms with E-state index in [-0.39, 0.29) is 5.92 Å². The van der Waals surface area contributed by atoms with E-state index >= 15 is 0 Å². The monoisotopic (exact) mass is 392 g/mol. The van der Waals surface area contributed by atoms with Crippen molar-refractivity contribution in [2.24, 2.45) is 13.0 Å². The summed E-state index contributed by atoms with van der Waals surface area (Å²) in [6.45, 7) is 5.50. The fraction of sp³-hybridized carbons (Fsp3) is 0.429. The summed E-state index contributed by atoms with van der Waals surface area (Å²) in [7, 11) is 1.92. The summed E-state index contributed by atoms with van der Waals surface area (Å²) in [5, 5.41) is 8.88. The first kappa shape index (κ1) is 18.1. The molecule has 150 valence electrons. The van der Waals surface area contributed by atoms with Gasteiger partial charge >= 0.3 is 11.1 Å². The first-order chi connectivity index (χ1) is 14.0. The molecule has 2 aromatic heterocycles. The minimum Gasteiger partial charge on any atom is -0.298 e. The summed E-state index contributed by atoms with van der Waals surface area (Å²) in [5.41, 5.74) is 2.32. The van der Waals surface area contributed by atoms with Gasteiger partial charge in [0.15, 0.2) is 0 Å². The molecule has 0 aliphatic carbocycles. The van der Waals surface area contributed by atoms with Crippen molar-refractivity contribution < 1.29 is 0 Å². The fourth-order valence-corrected chi connectivity index (χ4v) is 4.59. The number of aryl methyl sites for hydroxylation is 2. The number of benzene rings is 1. The molecule has 0 saturated carbocycles. The predicted molar refractivity (Wildman–Crippen MR) is 108 cm³/mol. The average molecular weight is 392 g/mol. The molecular weight excluding hydrogens is 368 g/mol. The first-order valence-electron chi connectivity index (χ1n) is 9.95. The molecule has 8 heteroatoms. The van der Waals surface area contributed by atoms with Gasteiger partial charge in [0.25, 0.3) is 0 Å². The normalized spacial score (nSPS) is 20.8. The Kier molecular flexibility index (Phi) is 4.24. The lowest BCUT2D eigenvalue weighted by Crippen LogP contribution is -2.44. The maximum Gasteiger partial charge on any atom is 0.332 e. The van der Waals surface area contributed by atoms with E-state index in [2.05, 4.69) is 15.1 Å². The Labute approximate surface area is 168 Å². The van der Waals surface area contributed by atoms with Crippen LogP contribution in [0.15, 0.2) is 46.2 Å². The lowest BCUT2D eigenvalue weighted by atomic mass is 10.00. The SMILES string of the molecule is Cc1ccc(Cn2nc3n(c(=O)c2=O)C[C@@H]2CN(Cc4cnn(C)c4)C[C@H]32)cc1. The van der Waals surface area contributed by atoms with Crippen molar-refractivity contribution in [2.45, 2.75) is 32.5 Å². The predicted octanol–water partition coefficient (Wildman–Crippen LogP) is 0.724. The Morgan fingerprint density at radius 3 is 2.52 bits per heavy atom. The van der Waals surface area contributed by atoms with Crippen molar-refractivity contribution in [1.29, 1.82) is 0 Å². The third kappa shape index (κ3) is 3.23. The van der Waals surface area contributed by atoms with Crippen LogP contribution in [0.25, 0.3) is 0 Å². The molecule has 3 aromatic rings. The smallest absolute Gasteiger partial charge is 0.298 e.